The molecule has 0 bridgehead atoms. The number of benzene rings is 1. The first kappa shape index (κ1) is 15.5. The summed E-state index contributed by atoms with van der Waals surface area (Å²) in [6.07, 6.45) is -2.33. The molecular formula is C14H10F3N3O2. The number of hydrogen-bond donors (Lipinski definition) is 2. The molecule has 0 saturated carbocycles. The molecule has 0 unspecified atom stereocenters. The van der Waals surface area contributed by atoms with Gasteiger partial charge in [-0.15, -0.1) is 0 Å². The average Bonchev–Trinajstić information content (AvgIpc) is 2.47. The fraction of sp³-hybridized carbons (Fsp3) is 0.0714. The van der Waals surface area contributed by atoms with Crippen molar-refractivity contribution in [3.63, 3.8) is 0 Å². The van der Waals surface area contributed by atoms with Crippen LogP contribution in [-0.4, -0.2) is 22.3 Å². The molecule has 0 radical (unpaired) electrons. The smallest absolute Gasteiger partial charge is 0.417 e. The lowest BCUT2D eigenvalue weighted by atomic mass is 10.1. The summed E-state index contributed by atoms with van der Waals surface area (Å²) in [6, 6.07) is 7.99. The maximum absolute atomic E-state index is 12.4. The van der Waals surface area contributed by atoms with Crippen molar-refractivity contribution in [2.24, 2.45) is 5.10 Å². The molecule has 2 aromatic rings. The highest BCUT2D eigenvalue weighted by Gasteiger charge is 2.30. The van der Waals surface area contributed by atoms with Gasteiger partial charge in [-0.1, -0.05) is 12.1 Å². The Kier molecular flexibility index (Phi) is 4.40. The van der Waals surface area contributed by atoms with Gasteiger partial charge in [0.1, 0.15) is 5.82 Å². The van der Waals surface area contributed by atoms with E-state index in [9.17, 15) is 18.0 Å². The van der Waals surface area contributed by atoms with Crippen molar-refractivity contribution in [1.29, 1.82) is 0 Å². The van der Waals surface area contributed by atoms with Gasteiger partial charge in [0.25, 0.3) is 0 Å². The summed E-state index contributed by atoms with van der Waals surface area (Å²) in [5.74, 6) is -0.873. The van der Waals surface area contributed by atoms with Crippen LogP contribution in [0.5, 0.6) is 0 Å². The third-order valence-electron chi connectivity index (χ3n) is 2.64. The first-order chi connectivity index (χ1) is 10.4. The number of rotatable bonds is 4. The van der Waals surface area contributed by atoms with Gasteiger partial charge in [-0.2, -0.15) is 18.3 Å². The van der Waals surface area contributed by atoms with Crippen LogP contribution in [0.4, 0.5) is 19.0 Å². The van der Waals surface area contributed by atoms with Crippen molar-refractivity contribution in [3.05, 3.63) is 59.3 Å². The Morgan fingerprint density at radius 2 is 1.86 bits per heavy atom. The number of nitrogens with zero attached hydrogens (tertiary/aromatic N) is 2. The molecule has 2 N–H and O–H groups in total. The van der Waals surface area contributed by atoms with E-state index in [1.807, 2.05) is 0 Å². The number of anilines is 1. The van der Waals surface area contributed by atoms with Crippen LogP contribution < -0.4 is 5.43 Å². The Bertz CT molecular complexity index is 680. The van der Waals surface area contributed by atoms with E-state index in [2.05, 4.69) is 15.5 Å². The predicted octanol–water partition coefficient (Wildman–Crippen LogP) is 3.24. The quantitative estimate of drug-likeness (QED) is 0.671. The second kappa shape index (κ2) is 6.25. The Labute approximate surface area is 123 Å². The van der Waals surface area contributed by atoms with E-state index in [0.717, 1.165) is 12.1 Å². The van der Waals surface area contributed by atoms with Crippen LogP contribution in [0, 0.1) is 0 Å². The largest absolute Gasteiger partial charge is 0.478 e. The zero-order valence-electron chi connectivity index (χ0n) is 11.0. The van der Waals surface area contributed by atoms with Crippen molar-refractivity contribution in [1.82, 2.24) is 4.98 Å². The fourth-order valence-electron chi connectivity index (χ4n) is 1.51. The predicted molar refractivity (Wildman–Crippen MR) is 73.9 cm³/mol. The minimum absolute atomic E-state index is 0.148. The number of pyridine rings is 1. The van der Waals surface area contributed by atoms with Crippen molar-refractivity contribution < 1.29 is 23.1 Å². The van der Waals surface area contributed by atoms with Crippen LogP contribution in [0.25, 0.3) is 0 Å². The van der Waals surface area contributed by atoms with Crippen molar-refractivity contribution in [3.8, 4) is 0 Å². The molecule has 0 aliphatic heterocycles. The standard InChI is InChI=1S/C14H10F3N3O2/c15-14(16,17)11-5-6-12(18-8-11)20-19-7-9-1-3-10(4-2-9)13(21)22/h1-8H,(H,18,20)(H,21,22). The van der Waals surface area contributed by atoms with Gasteiger partial charge < -0.3 is 5.11 Å². The molecule has 1 aromatic heterocycles. The molecule has 5 nitrogen and oxygen atoms in total. The molecule has 0 atom stereocenters. The number of hydrogen-bond acceptors (Lipinski definition) is 4. The number of alkyl halides is 3. The van der Waals surface area contributed by atoms with Gasteiger partial charge in [-0.3, -0.25) is 5.43 Å². The summed E-state index contributed by atoms with van der Waals surface area (Å²) >= 11 is 0. The molecule has 0 spiro atoms. The molecule has 1 aromatic carbocycles. The maximum Gasteiger partial charge on any atom is 0.417 e. The Morgan fingerprint density at radius 1 is 1.18 bits per heavy atom. The molecule has 0 aliphatic rings. The number of carboxylic acid groups (broad SMARTS) is 1. The molecule has 1 heterocycles. The van der Waals surface area contributed by atoms with E-state index in [-0.39, 0.29) is 11.4 Å². The minimum Gasteiger partial charge on any atom is -0.478 e. The number of hydrazone groups is 1. The van der Waals surface area contributed by atoms with Crippen molar-refractivity contribution >= 4 is 18.0 Å². The monoisotopic (exact) mass is 309 g/mol. The van der Waals surface area contributed by atoms with E-state index in [1.165, 1.54) is 18.3 Å². The lowest BCUT2D eigenvalue weighted by Crippen LogP contribution is -2.05. The van der Waals surface area contributed by atoms with Gasteiger partial charge >= 0.3 is 12.1 Å². The summed E-state index contributed by atoms with van der Waals surface area (Å²) < 4.78 is 37.1. The molecule has 22 heavy (non-hydrogen) atoms. The molecule has 8 heteroatoms. The molecule has 0 aliphatic carbocycles. The van der Waals surface area contributed by atoms with E-state index in [0.29, 0.717) is 11.8 Å². The molecule has 0 saturated heterocycles. The summed E-state index contributed by atoms with van der Waals surface area (Å²) in [6.45, 7) is 0. The molecule has 2 rings (SSSR count). The van der Waals surface area contributed by atoms with Gasteiger partial charge in [0.05, 0.1) is 17.3 Å². The Balaban J connectivity index is 1.98. The van der Waals surface area contributed by atoms with Crippen molar-refractivity contribution in [2.75, 3.05) is 5.43 Å². The molecule has 0 amide bonds. The molecule has 0 fully saturated rings. The summed E-state index contributed by atoms with van der Waals surface area (Å²) in [5, 5.41) is 12.6. The number of aromatic carboxylic acids is 1. The normalized spacial score (nSPS) is 11.6. The van der Waals surface area contributed by atoms with Crippen LogP contribution in [-0.2, 0) is 6.18 Å². The van der Waals surface area contributed by atoms with Crippen LogP contribution >= 0.6 is 0 Å². The minimum atomic E-state index is -4.43. The molecular weight excluding hydrogens is 299 g/mol. The van der Waals surface area contributed by atoms with Crippen LogP contribution in [0.2, 0.25) is 0 Å². The first-order valence-electron chi connectivity index (χ1n) is 6.02. The van der Waals surface area contributed by atoms with Gasteiger partial charge in [-0.25, -0.2) is 9.78 Å². The van der Waals surface area contributed by atoms with E-state index in [4.69, 9.17) is 5.11 Å². The Morgan fingerprint density at radius 3 is 2.36 bits per heavy atom. The molecule has 114 valence electrons. The van der Waals surface area contributed by atoms with E-state index < -0.39 is 17.7 Å². The topological polar surface area (TPSA) is 74.6 Å². The zero-order chi connectivity index (χ0) is 16.2. The maximum atomic E-state index is 12.4. The van der Waals surface area contributed by atoms with Crippen molar-refractivity contribution in [2.45, 2.75) is 6.18 Å². The zero-order valence-corrected chi connectivity index (χ0v) is 11.0. The summed E-state index contributed by atoms with van der Waals surface area (Å²) in [7, 11) is 0. The lowest BCUT2D eigenvalue weighted by molar-refractivity contribution is -0.137. The second-order valence-corrected chi connectivity index (χ2v) is 4.23. The Hall–Kier alpha value is -2.90. The average molecular weight is 309 g/mol. The van der Waals surface area contributed by atoms with E-state index in [1.54, 1.807) is 12.1 Å². The summed E-state index contributed by atoms with van der Waals surface area (Å²) in [5.41, 5.74) is 2.42. The van der Waals surface area contributed by atoms with Crippen LogP contribution in [0.3, 0.4) is 0 Å². The second-order valence-electron chi connectivity index (χ2n) is 4.23. The number of halogens is 3. The highest BCUT2D eigenvalue weighted by atomic mass is 19.4. The van der Waals surface area contributed by atoms with Gasteiger partial charge in [0.15, 0.2) is 0 Å². The number of nitrogens with one attached hydrogen (secondary N) is 1. The van der Waals surface area contributed by atoms with Crippen LogP contribution in [0.15, 0.2) is 47.7 Å². The van der Waals surface area contributed by atoms with Gasteiger partial charge in [0, 0.05) is 6.20 Å². The third kappa shape index (κ3) is 4.05. The fourth-order valence-corrected chi connectivity index (χ4v) is 1.51. The SMILES string of the molecule is O=C(O)c1ccc(C=NNc2ccc(C(F)(F)F)cn2)cc1. The summed E-state index contributed by atoms with van der Waals surface area (Å²) in [4.78, 5) is 14.3. The van der Waals surface area contributed by atoms with Gasteiger partial charge in [0.2, 0.25) is 0 Å². The number of aromatic nitrogens is 1. The third-order valence-corrected chi connectivity index (χ3v) is 2.64. The highest BCUT2D eigenvalue weighted by molar-refractivity contribution is 5.89. The van der Waals surface area contributed by atoms with Gasteiger partial charge in [-0.05, 0) is 29.8 Å². The first-order valence-corrected chi connectivity index (χ1v) is 6.02. The number of carboxylic acids is 1. The van der Waals surface area contributed by atoms with E-state index >= 15 is 0 Å². The number of carbonyl (C=O) groups is 1. The lowest BCUT2D eigenvalue weighted by Gasteiger charge is -2.06. The van der Waals surface area contributed by atoms with Crippen LogP contribution in [0.1, 0.15) is 21.5 Å². The highest BCUT2D eigenvalue weighted by Crippen LogP contribution is 2.28.